The normalized spacial score (nSPS) is 10.6. The molecule has 0 aliphatic heterocycles. The second-order valence-electron chi connectivity index (χ2n) is 7.64. The monoisotopic (exact) mass is 451 g/mol. The smallest absolute Gasteiger partial charge is 0.341 e. The van der Waals surface area contributed by atoms with Crippen molar-refractivity contribution in [3.05, 3.63) is 70.1 Å². The summed E-state index contributed by atoms with van der Waals surface area (Å²) >= 11 is 1.34. The van der Waals surface area contributed by atoms with Crippen LogP contribution in [0.2, 0.25) is 0 Å². The first-order valence-electron chi connectivity index (χ1n) is 10.7. The molecule has 168 valence electrons. The van der Waals surface area contributed by atoms with E-state index < -0.39 is 5.97 Å². The van der Waals surface area contributed by atoms with Crippen LogP contribution in [0, 0.1) is 20.8 Å². The molecule has 0 atom stereocenters. The first-order valence-corrected chi connectivity index (χ1v) is 11.6. The number of carbonyl (C=O) groups excluding carboxylic acids is 2. The van der Waals surface area contributed by atoms with Gasteiger partial charge in [-0.25, -0.2) is 4.79 Å². The highest BCUT2D eigenvalue weighted by atomic mass is 32.1. The number of amides is 1. The van der Waals surface area contributed by atoms with Crippen molar-refractivity contribution in [2.75, 3.05) is 18.5 Å². The van der Waals surface area contributed by atoms with Gasteiger partial charge in [-0.15, -0.1) is 11.3 Å². The van der Waals surface area contributed by atoms with E-state index in [-0.39, 0.29) is 12.5 Å². The van der Waals surface area contributed by atoms with Crippen LogP contribution in [0.3, 0.4) is 0 Å². The largest absolute Gasteiger partial charge is 0.493 e. The van der Waals surface area contributed by atoms with Gasteiger partial charge in [-0.05, 0) is 62.4 Å². The van der Waals surface area contributed by atoms with Gasteiger partial charge in [-0.1, -0.05) is 36.4 Å². The lowest BCUT2D eigenvalue weighted by Crippen LogP contribution is -2.15. The predicted molar refractivity (Wildman–Crippen MR) is 130 cm³/mol. The number of aryl methyl sites for hydroxylation is 3. The summed E-state index contributed by atoms with van der Waals surface area (Å²) in [6, 6.07) is 13.9. The molecule has 1 aromatic heterocycles. The highest BCUT2D eigenvalue weighted by molar-refractivity contribution is 7.15. The third kappa shape index (κ3) is 5.77. The molecule has 3 aromatic rings. The van der Waals surface area contributed by atoms with E-state index in [2.05, 4.69) is 11.4 Å². The fourth-order valence-corrected chi connectivity index (χ4v) is 4.27. The van der Waals surface area contributed by atoms with Crippen LogP contribution in [-0.2, 0) is 9.53 Å². The standard InChI is InChI=1S/C26H29NO4S/c1-5-30-26(29)24-21(20-13-12-17(2)19(4)15-20)16-32-25(24)27-23(28)11-8-14-31-22-10-7-6-9-18(22)3/h6-7,9-10,12-13,15-16H,5,8,11,14H2,1-4H3,(H,27,28). The number of carbonyl (C=O) groups is 2. The maximum atomic E-state index is 12.7. The summed E-state index contributed by atoms with van der Waals surface area (Å²) in [6.45, 7) is 8.56. The third-order valence-electron chi connectivity index (χ3n) is 5.24. The zero-order chi connectivity index (χ0) is 23.1. The van der Waals surface area contributed by atoms with Crippen molar-refractivity contribution < 1.29 is 19.1 Å². The van der Waals surface area contributed by atoms with Crippen molar-refractivity contribution in [1.29, 1.82) is 0 Å². The summed E-state index contributed by atoms with van der Waals surface area (Å²) in [4.78, 5) is 25.3. The van der Waals surface area contributed by atoms with Crippen molar-refractivity contribution in [2.45, 2.75) is 40.5 Å². The summed E-state index contributed by atoms with van der Waals surface area (Å²) in [5.74, 6) is 0.242. The van der Waals surface area contributed by atoms with Crippen molar-refractivity contribution >= 4 is 28.2 Å². The Labute approximate surface area is 193 Å². The number of thiophene rings is 1. The van der Waals surface area contributed by atoms with E-state index >= 15 is 0 Å². The molecule has 0 fully saturated rings. The third-order valence-corrected chi connectivity index (χ3v) is 6.14. The first-order chi connectivity index (χ1) is 15.4. The zero-order valence-corrected chi connectivity index (χ0v) is 19.8. The minimum Gasteiger partial charge on any atom is -0.493 e. The molecule has 0 aliphatic rings. The van der Waals surface area contributed by atoms with Crippen molar-refractivity contribution in [1.82, 2.24) is 0 Å². The summed E-state index contributed by atoms with van der Waals surface area (Å²) < 4.78 is 11.0. The van der Waals surface area contributed by atoms with Gasteiger partial charge in [0.1, 0.15) is 16.3 Å². The van der Waals surface area contributed by atoms with E-state index in [1.165, 1.54) is 16.9 Å². The Hall–Kier alpha value is -3.12. The van der Waals surface area contributed by atoms with Crippen LogP contribution in [0.15, 0.2) is 47.8 Å². The zero-order valence-electron chi connectivity index (χ0n) is 19.0. The Morgan fingerprint density at radius 2 is 1.78 bits per heavy atom. The second-order valence-corrected chi connectivity index (χ2v) is 8.52. The lowest BCUT2D eigenvalue weighted by Gasteiger charge is -2.11. The van der Waals surface area contributed by atoms with E-state index in [0.717, 1.165) is 28.0 Å². The molecule has 1 amide bonds. The first kappa shape index (κ1) is 23.5. The molecule has 32 heavy (non-hydrogen) atoms. The highest BCUT2D eigenvalue weighted by Gasteiger charge is 2.23. The number of esters is 1. The fraction of sp³-hybridized carbons (Fsp3) is 0.308. The molecule has 0 unspecified atom stereocenters. The van der Waals surface area contributed by atoms with Gasteiger partial charge in [-0.3, -0.25) is 4.79 Å². The second kappa shape index (κ2) is 11.0. The molecular formula is C26H29NO4S. The molecule has 0 bridgehead atoms. The number of nitrogens with one attached hydrogen (secondary N) is 1. The maximum Gasteiger partial charge on any atom is 0.341 e. The van der Waals surface area contributed by atoms with Crippen molar-refractivity contribution in [3.63, 3.8) is 0 Å². The van der Waals surface area contributed by atoms with Gasteiger partial charge in [0.2, 0.25) is 5.91 Å². The SMILES string of the molecule is CCOC(=O)c1c(-c2ccc(C)c(C)c2)csc1NC(=O)CCCOc1ccccc1C. The summed E-state index contributed by atoms with van der Waals surface area (Å²) in [5, 5.41) is 5.31. The molecule has 0 saturated carbocycles. The minimum atomic E-state index is -0.430. The van der Waals surface area contributed by atoms with Crippen LogP contribution in [0.4, 0.5) is 5.00 Å². The maximum absolute atomic E-state index is 12.7. The number of ether oxygens (including phenoxy) is 2. The van der Waals surface area contributed by atoms with Gasteiger partial charge in [0.25, 0.3) is 0 Å². The van der Waals surface area contributed by atoms with Crippen LogP contribution in [0.25, 0.3) is 11.1 Å². The summed E-state index contributed by atoms with van der Waals surface area (Å²) in [5.41, 5.74) is 5.50. The molecule has 0 spiro atoms. The van der Waals surface area contributed by atoms with Gasteiger partial charge in [0.05, 0.1) is 13.2 Å². The number of hydrogen-bond acceptors (Lipinski definition) is 5. The Morgan fingerprint density at radius 1 is 1.00 bits per heavy atom. The van der Waals surface area contributed by atoms with E-state index in [9.17, 15) is 9.59 Å². The Kier molecular flexibility index (Phi) is 8.06. The number of para-hydroxylation sites is 1. The fourth-order valence-electron chi connectivity index (χ4n) is 3.30. The van der Waals surface area contributed by atoms with Gasteiger partial charge >= 0.3 is 5.97 Å². The van der Waals surface area contributed by atoms with E-state index in [1.54, 1.807) is 6.92 Å². The van der Waals surface area contributed by atoms with Crippen molar-refractivity contribution in [3.8, 4) is 16.9 Å². The molecular weight excluding hydrogens is 422 g/mol. The molecule has 1 N–H and O–H groups in total. The lowest BCUT2D eigenvalue weighted by atomic mass is 9.99. The average Bonchev–Trinajstić information content (AvgIpc) is 3.18. The quantitative estimate of drug-likeness (QED) is 0.306. The molecule has 3 rings (SSSR count). The average molecular weight is 452 g/mol. The summed E-state index contributed by atoms with van der Waals surface area (Å²) in [7, 11) is 0. The van der Waals surface area contributed by atoms with Gasteiger partial charge in [-0.2, -0.15) is 0 Å². The van der Waals surface area contributed by atoms with Gasteiger partial charge in [0, 0.05) is 17.4 Å². The van der Waals surface area contributed by atoms with E-state index in [0.29, 0.717) is 30.0 Å². The van der Waals surface area contributed by atoms with Crippen LogP contribution in [0.1, 0.15) is 46.8 Å². The lowest BCUT2D eigenvalue weighted by molar-refractivity contribution is -0.116. The van der Waals surface area contributed by atoms with Gasteiger partial charge in [0.15, 0.2) is 0 Å². The van der Waals surface area contributed by atoms with Gasteiger partial charge < -0.3 is 14.8 Å². The van der Waals surface area contributed by atoms with Crippen LogP contribution >= 0.6 is 11.3 Å². The van der Waals surface area contributed by atoms with E-state index in [4.69, 9.17) is 9.47 Å². The molecule has 0 radical (unpaired) electrons. The summed E-state index contributed by atoms with van der Waals surface area (Å²) in [6.07, 6.45) is 0.870. The topological polar surface area (TPSA) is 64.6 Å². The van der Waals surface area contributed by atoms with Crippen LogP contribution < -0.4 is 10.1 Å². The van der Waals surface area contributed by atoms with E-state index in [1.807, 2.05) is 62.5 Å². The Balaban J connectivity index is 1.69. The Bertz CT molecular complexity index is 1100. The van der Waals surface area contributed by atoms with Crippen molar-refractivity contribution in [2.24, 2.45) is 0 Å². The molecule has 2 aromatic carbocycles. The molecule has 0 saturated heterocycles. The predicted octanol–water partition coefficient (Wildman–Crippen LogP) is 6.31. The Morgan fingerprint density at radius 3 is 2.50 bits per heavy atom. The highest BCUT2D eigenvalue weighted by Crippen LogP contribution is 2.37. The molecule has 6 heteroatoms. The molecule has 1 heterocycles. The number of anilines is 1. The molecule has 5 nitrogen and oxygen atoms in total. The number of benzene rings is 2. The number of hydrogen-bond donors (Lipinski definition) is 1. The number of rotatable bonds is 9. The molecule has 0 aliphatic carbocycles. The minimum absolute atomic E-state index is 0.155. The van der Waals surface area contributed by atoms with Crippen LogP contribution in [0.5, 0.6) is 5.75 Å². The van der Waals surface area contributed by atoms with Crippen LogP contribution in [-0.4, -0.2) is 25.1 Å².